The smallest absolute Gasteiger partial charge is 0.197 e. The molecule has 0 amide bonds. The lowest BCUT2D eigenvalue weighted by atomic mass is 10.4. The number of aromatic nitrogens is 1. The van der Waals surface area contributed by atoms with E-state index in [0.29, 0.717) is 6.29 Å². The Morgan fingerprint density at radius 1 is 1.50 bits per heavy atom. The first-order valence-corrected chi connectivity index (χ1v) is 2.62. The molecule has 4 nitrogen and oxygen atoms in total. The van der Waals surface area contributed by atoms with Crippen LogP contribution in [0, 0.1) is 4.91 Å². The molecule has 0 aromatic carbocycles. The topological polar surface area (TPSA) is 59.4 Å². The molecule has 50 valence electrons. The van der Waals surface area contributed by atoms with E-state index in [1.807, 2.05) is 0 Å². The van der Waals surface area contributed by atoms with Crippen molar-refractivity contribution in [3.8, 4) is 0 Å². The molecular weight excluding hydrogens is 132 g/mol. The van der Waals surface area contributed by atoms with Crippen LogP contribution in [0.3, 0.4) is 0 Å². The first kappa shape index (κ1) is 6.54. The second-order valence-corrected chi connectivity index (χ2v) is 1.63. The quantitative estimate of drug-likeness (QED) is 0.454. The van der Waals surface area contributed by atoms with Crippen LogP contribution in [-0.4, -0.2) is 11.3 Å². The summed E-state index contributed by atoms with van der Waals surface area (Å²) in [5.41, 5.74) is 0.220. The minimum Gasteiger partial charge on any atom is -0.296 e. The number of pyridine rings is 1. The first-order valence-electron chi connectivity index (χ1n) is 2.62. The highest BCUT2D eigenvalue weighted by Gasteiger charge is 1.93. The molecule has 0 saturated carbocycles. The largest absolute Gasteiger partial charge is 0.296 e. The van der Waals surface area contributed by atoms with Crippen molar-refractivity contribution < 1.29 is 4.79 Å². The Balaban J connectivity index is 3.09. The third-order valence-electron chi connectivity index (χ3n) is 0.970. The highest BCUT2D eigenvalue weighted by Crippen LogP contribution is 2.05. The number of nitroso groups, excluding NO2 is 1. The Morgan fingerprint density at radius 3 is 2.90 bits per heavy atom. The van der Waals surface area contributed by atoms with Crippen molar-refractivity contribution in [2.24, 2.45) is 5.18 Å². The van der Waals surface area contributed by atoms with Gasteiger partial charge in [0.15, 0.2) is 12.1 Å². The SMILES string of the molecule is O=Cc1cccc(N=O)n1. The lowest BCUT2D eigenvalue weighted by molar-refractivity contribution is 0.111. The molecule has 0 radical (unpaired) electrons. The average molecular weight is 136 g/mol. The number of carbonyl (C=O) groups is 1. The van der Waals surface area contributed by atoms with E-state index in [-0.39, 0.29) is 11.5 Å². The maximum Gasteiger partial charge on any atom is 0.197 e. The molecule has 0 aliphatic carbocycles. The number of aldehydes is 1. The predicted octanol–water partition coefficient (Wildman–Crippen LogP) is 1.29. The minimum absolute atomic E-state index is 0.0320. The fraction of sp³-hybridized carbons (Fsp3) is 0. The summed E-state index contributed by atoms with van der Waals surface area (Å²) in [6.45, 7) is 0. The van der Waals surface area contributed by atoms with E-state index in [1.165, 1.54) is 12.1 Å². The van der Waals surface area contributed by atoms with Crippen LogP contribution in [0.15, 0.2) is 23.4 Å². The van der Waals surface area contributed by atoms with E-state index in [2.05, 4.69) is 10.2 Å². The maximum atomic E-state index is 10.1. The molecule has 0 aliphatic heterocycles. The summed E-state index contributed by atoms with van der Waals surface area (Å²) in [7, 11) is 0. The standard InChI is InChI=1S/C6H4N2O2/c9-4-5-2-1-3-6(7-5)8-10/h1-4H. The zero-order valence-electron chi connectivity index (χ0n) is 5.02. The van der Waals surface area contributed by atoms with E-state index in [9.17, 15) is 9.70 Å². The molecule has 4 heteroatoms. The van der Waals surface area contributed by atoms with Gasteiger partial charge in [0.2, 0.25) is 0 Å². The van der Waals surface area contributed by atoms with Gasteiger partial charge in [0.05, 0.1) is 0 Å². The van der Waals surface area contributed by atoms with Crippen molar-refractivity contribution in [1.29, 1.82) is 0 Å². The zero-order valence-corrected chi connectivity index (χ0v) is 5.02. The van der Waals surface area contributed by atoms with Gasteiger partial charge in [-0.05, 0) is 17.3 Å². The Bertz CT molecular complexity index is 236. The van der Waals surface area contributed by atoms with Gasteiger partial charge in [-0.15, -0.1) is 4.91 Å². The van der Waals surface area contributed by atoms with Crippen molar-refractivity contribution in [1.82, 2.24) is 4.98 Å². The van der Waals surface area contributed by atoms with Gasteiger partial charge >= 0.3 is 0 Å². The van der Waals surface area contributed by atoms with Gasteiger partial charge in [0.1, 0.15) is 5.69 Å². The summed E-state index contributed by atoms with van der Waals surface area (Å²) < 4.78 is 0. The summed E-state index contributed by atoms with van der Waals surface area (Å²) in [6, 6.07) is 4.48. The van der Waals surface area contributed by atoms with E-state index >= 15 is 0 Å². The van der Waals surface area contributed by atoms with E-state index in [0.717, 1.165) is 0 Å². The van der Waals surface area contributed by atoms with E-state index < -0.39 is 0 Å². The van der Waals surface area contributed by atoms with E-state index in [1.54, 1.807) is 6.07 Å². The Kier molecular flexibility index (Phi) is 1.84. The van der Waals surface area contributed by atoms with Crippen LogP contribution in [0.1, 0.15) is 10.5 Å². The van der Waals surface area contributed by atoms with Gasteiger partial charge in [0, 0.05) is 0 Å². The summed E-state index contributed by atoms with van der Waals surface area (Å²) in [5, 5.41) is 2.56. The zero-order chi connectivity index (χ0) is 7.40. The van der Waals surface area contributed by atoms with Crippen molar-refractivity contribution in [2.45, 2.75) is 0 Å². The number of carbonyl (C=O) groups excluding carboxylic acids is 1. The Morgan fingerprint density at radius 2 is 2.30 bits per heavy atom. The van der Waals surface area contributed by atoms with Crippen LogP contribution in [-0.2, 0) is 0 Å². The van der Waals surface area contributed by atoms with Gasteiger partial charge < -0.3 is 0 Å². The molecule has 10 heavy (non-hydrogen) atoms. The molecule has 0 bridgehead atoms. The number of nitrogens with zero attached hydrogens (tertiary/aromatic N) is 2. The number of hydrogen-bond donors (Lipinski definition) is 0. The van der Waals surface area contributed by atoms with Crippen LogP contribution in [0.25, 0.3) is 0 Å². The van der Waals surface area contributed by atoms with Gasteiger partial charge in [-0.1, -0.05) is 6.07 Å². The Labute approximate surface area is 56.9 Å². The lowest BCUT2D eigenvalue weighted by Gasteiger charge is -1.87. The molecule has 1 aromatic rings. The van der Waals surface area contributed by atoms with Gasteiger partial charge in [-0.2, -0.15) is 0 Å². The van der Waals surface area contributed by atoms with Gasteiger partial charge in [-0.25, -0.2) is 4.98 Å². The van der Waals surface area contributed by atoms with Crippen LogP contribution in [0.5, 0.6) is 0 Å². The van der Waals surface area contributed by atoms with Crippen molar-refractivity contribution in [3.05, 3.63) is 28.8 Å². The summed E-state index contributed by atoms with van der Waals surface area (Å²) in [5.74, 6) is 0.0320. The fourth-order valence-corrected chi connectivity index (χ4v) is 0.556. The second kappa shape index (κ2) is 2.82. The molecule has 0 saturated heterocycles. The van der Waals surface area contributed by atoms with Crippen molar-refractivity contribution in [2.75, 3.05) is 0 Å². The van der Waals surface area contributed by atoms with Crippen LogP contribution in [0.4, 0.5) is 5.82 Å². The molecular formula is C6H4N2O2. The average Bonchev–Trinajstić information content (AvgIpc) is 2.05. The normalized spacial score (nSPS) is 8.80. The highest BCUT2D eigenvalue weighted by molar-refractivity contribution is 5.72. The van der Waals surface area contributed by atoms with Gasteiger partial charge in [-0.3, -0.25) is 4.79 Å². The Hall–Kier alpha value is -1.58. The molecule has 1 heterocycles. The number of rotatable bonds is 2. The van der Waals surface area contributed by atoms with Crippen molar-refractivity contribution >= 4 is 12.1 Å². The third kappa shape index (κ3) is 1.22. The monoisotopic (exact) mass is 136 g/mol. The fourth-order valence-electron chi connectivity index (χ4n) is 0.556. The molecule has 0 fully saturated rings. The molecule has 0 spiro atoms. The molecule has 1 aromatic heterocycles. The highest BCUT2D eigenvalue weighted by atomic mass is 16.3. The predicted molar refractivity (Wildman–Crippen MR) is 35.1 cm³/mol. The summed E-state index contributed by atoms with van der Waals surface area (Å²) in [4.78, 5) is 23.5. The van der Waals surface area contributed by atoms with Crippen LogP contribution < -0.4 is 0 Å². The molecule has 1 rings (SSSR count). The maximum absolute atomic E-state index is 10.1. The van der Waals surface area contributed by atoms with Crippen LogP contribution in [0.2, 0.25) is 0 Å². The lowest BCUT2D eigenvalue weighted by Crippen LogP contribution is -1.83. The third-order valence-corrected chi connectivity index (χ3v) is 0.970. The second-order valence-electron chi connectivity index (χ2n) is 1.63. The van der Waals surface area contributed by atoms with Gasteiger partial charge in [0.25, 0.3) is 0 Å². The summed E-state index contributed by atoms with van der Waals surface area (Å²) in [6.07, 6.45) is 0.564. The molecule has 0 aliphatic rings. The van der Waals surface area contributed by atoms with Crippen LogP contribution >= 0.6 is 0 Å². The molecule has 0 unspecified atom stereocenters. The van der Waals surface area contributed by atoms with Crippen molar-refractivity contribution in [3.63, 3.8) is 0 Å². The first-order chi connectivity index (χ1) is 4.86. The molecule has 0 N–H and O–H groups in total. The minimum atomic E-state index is 0.0320. The molecule has 0 atom stereocenters. The summed E-state index contributed by atoms with van der Waals surface area (Å²) >= 11 is 0. The van der Waals surface area contributed by atoms with E-state index in [4.69, 9.17) is 0 Å². The number of hydrogen-bond acceptors (Lipinski definition) is 4.